The van der Waals surface area contributed by atoms with Gasteiger partial charge in [-0.15, -0.1) is 10.2 Å². The molecule has 0 saturated heterocycles. The summed E-state index contributed by atoms with van der Waals surface area (Å²) in [6.07, 6.45) is -12.9. The Bertz CT molecular complexity index is 1660. The normalized spacial score (nSPS) is 22.4. The maximum Gasteiger partial charge on any atom is 0.391 e. The van der Waals surface area contributed by atoms with E-state index in [4.69, 9.17) is 0 Å². The van der Waals surface area contributed by atoms with Crippen LogP contribution in [0.25, 0.3) is 0 Å². The number of nitrogens with zero attached hydrogens (tertiary/aromatic N) is 5. The van der Waals surface area contributed by atoms with Crippen molar-refractivity contribution < 1.29 is 44.7 Å². The smallest absolute Gasteiger partial charge is 0.345 e. The van der Waals surface area contributed by atoms with E-state index in [1.54, 1.807) is 0 Å². The topological polar surface area (TPSA) is 116 Å². The Morgan fingerprint density at radius 3 is 2.08 bits per heavy atom. The molecule has 2 aliphatic rings. The number of aliphatic imine (C=N–C) groups is 1. The summed E-state index contributed by atoms with van der Waals surface area (Å²) >= 11 is 0. The fourth-order valence-corrected chi connectivity index (χ4v) is 6.48. The zero-order valence-electron chi connectivity index (χ0n) is 26.6. The van der Waals surface area contributed by atoms with Crippen LogP contribution in [0, 0.1) is 28.9 Å². The highest BCUT2D eigenvalue weighted by molar-refractivity contribution is 6.46. The Balaban J connectivity index is 1.61. The summed E-state index contributed by atoms with van der Waals surface area (Å²) in [5.74, 6) is -8.58. The van der Waals surface area contributed by atoms with E-state index < -0.39 is 95.3 Å². The van der Waals surface area contributed by atoms with Crippen LogP contribution in [0.1, 0.15) is 86.2 Å². The van der Waals surface area contributed by atoms with E-state index >= 15 is 0 Å². The predicted octanol–water partition coefficient (Wildman–Crippen LogP) is 6.84. The van der Waals surface area contributed by atoms with Crippen molar-refractivity contribution >= 4 is 17.5 Å². The second-order valence-corrected chi connectivity index (χ2v) is 13.6. The van der Waals surface area contributed by atoms with Crippen molar-refractivity contribution in [3.8, 4) is 0 Å². The minimum Gasteiger partial charge on any atom is -0.345 e. The fourth-order valence-electron chi connectivity index (χ4n) is 6.48. The molecule has 2 amide bonds. The van der Waals surface area contributed by atoms with Crippen LogP contribution < -0.4 is 5.32 Å². The first-order valence-corrected chi connectivity index (χ1v) is 15.4. The number of carbonyl (C=O) groups is 2. The van der Waals surface area contributed by atoms with E-state index in [1.807, 2.05) is 20.8 Å². The second-order valence-electron chi connectivity index (χ2n) is 13.6. The molecule has 17 heteroatoms. The molecule has 1 fully saturated rings. The van der Waals surface area contributed by atoms with Crippen LogP contribution in [-0.2, 0) is 11.3 Å². The third-order valence-corrected chi connectivity index (χ3v) is 8.80. The molecule has 0 radical (unpaired) electrons. The van der Waals surface area contributed by atoms with Gasteiger partial charge in [0.2, 0.25) is 0 Å². The number of tetrazole rings is 1. The maximum atomic E-state index is 14.3. The van der Waals surface area contributed by atoms with Gasteiger partial charge in [-0.3, -0.25) is 14.6 Å². The molecule has 1 saturated carbocycles. The number of hydrogen-bond donors (Lipinski definition) is 2. The molecule has 2 N–H and O–H groups in total. The number of hydrogen-bond acceptors (Lipinski definition) is 6. The third kappa shape index (κ3) is 8.07. The molecule has 9 nitrogen and oxygen atoms in total. The van der Waals surface area contributed by atoms with Crippen LogP contribution in [0.4, 0.5) is 35.1 Å². The first kappa shape index (κ1) is 35.9. The Hall–Kier alpha value is -4.44. The highest BCUT2D eigenvalue weighted by Crippen LogP contribution is 2.55. The molecular weight excluding hydrogens is 666 g/mol. The van der Waals surface area contributed by atoms with E-state index in [-0.39, 0.29) is 24.4 Å². The van der Waals surface area contributed by atoms with Gasteiger partial charge in [-0.05, 0) is 54.5 Å². The number of aromatic nitrogens is 4. The summed E-state index contributed by atoms with van der Waals surface area (Å²) < 4.78 is 115. The fraction of sp³-hybridized carbons (Fsp3) is 0.500. The van der Waals surface area contributed by atoms with Crippen molar-refractivity contribution in [2.24, 2.45) is 22.2 Å². The maximum absolute atomic E-state index is 14.3. The number of halogens is 8. The van der Waals surface area contributed by atoms with Crippen LogP contribution in [-0.4, -0.2) is 61.1 Å². The van der Waals surface area contributed by atoms with E-state index in [0.717, 1.165) is 17.0 Å². The van der Waals surface area contributed by atoms with Crippen molar-refractivity contribution in [1.29, 1.82) is 0 Å². The van der Waals surface area contributed by atoms with Crippen molar-refractivity contribution in [1.82, 2.24) is 30.8 Å². The van der Waals surface area contributed by atoms with Gasteiger partial charge in [0.25, 0.3) is 11.8 Å². The zero-order chi connectivity index (χ0) is 35.9. The lowest BCUT2D eigenvalue weighted by Crippen LogP contribution is -2.56. The van der Waals surface area contributed by atoms with Crippen molar-refractivity contribution in [2.75, 3.05) is 0 Å². The average molecular weight is 700 g/mol. The number of rotatable bonds is 8. The van der Waals surface area contributed by atoms with Crippen LogP contribution >= 0.6 is 0 Å². The monoisotopic (exact) mass is 699 g/mol. The van der Waals surface area contributed by atoms with Crippen molar-refractivity contribution in [3.63, 3.8) is 0 Å². The average Bonchev–Trinajstić information content (AvgIpc) is 3.61. The summed E-state index contributed by atoms with van der Waals surface area (Å²) in [7, 11) is 0. The number of nitrogens with one attached hydrogen (secondary N) is 2. The van der Waals surface area contributed by atoms with Gasteiger partial charge in [-0.25, -0.2) is 8.78 Å². The van der Waals surface area contributed by atoms with E-state index in [0.29, 0.717) is 18.1 Å². The van der Waals surface area contributed by atoms with Gasteiger partial charge in [0.1, 0.15) is 23.0 Å². The highest BCUT2D eigenvalue weighted by atomic mass is 19.4. The number of H-pyrrole nitrogens is 1. The van der Waals surface area contributed by atoms with Crippen molar-refractivity contribution in [2.45, 2.75) is 83.5 Å². The van der Waals surface area contributed by atoms with Crippen molar-refractivity contribution in [3.05, 3.63) is 76.6 Å². The first-order chi connectivity index (χ1) is 22.8. The summed E-state index contributed by atoms with van der Waals surface area (Å²) in [5.41, 5.74) is -3.34. The van der Waals surface area contributed by atoms with Gasteiger partial charge in [0, 0.05) is 30.0 Å². The Morgan fingerprint density at radius 1 is 0.980 bits per heavy atom. The number of carbonyl (C=O) groups excluding carboxylic acids is 2. The molecule has 49 heavy (non-hydrogen) atoms. The lowest BCUT2D eigenvalue weighted by molar-refractivity contribution is -0.239. The highest BCUT2D eigenvalue weighted by Gasteiger charge is 2.62. The molecule has 1 aromatic heterocycles. The number of benzene rings is 2. The van der Waals surface area contributed by atoms with Gasteiger partial charge in [-0.1, -0.05) is 38.1 Å². The molecule has 1 aliphatic heterocycles. The standard InChI is InChI=1S/C32H33F8N7O2/c1-29(2,3)9-8-24(17-4-6-18(7-5-17)27(48)41-16-25-43-45-46-44-25)47-28(49)26(19-10-22(33)13-23(34)11-19)42-30(47)14-20(31(35,36)37)12-21(15-30)32(38,39)40/h4-7,10-11,13,20-21,24H,8-9,12,14-16H2,1-3H3,(H,41,48)(H,43,44,45,46)/t20?,21?,24-,30?/m1/s1. The van der Waals surface area contributed by atoms with Gasteiger partial charge in [0.05, 0.1) is 24.4 Å². The van der Waals surface area contributed by atoms with E-state index in [2.05, 4.69) is 30.9 Å². The van der Waals surface area contributed by atoms with Crippen LogP contribution in [0.2, 0.25) is 0 Å². The predicted molar refractivity (Wildman–Crippen MR) is 159 cm³/mol. The molecule has 1 spiro atoms. The summed E-state index contributed by atoms with van der Waals surface area (Å²) in [6.45, 7) is 5.57. The number of aromatic amines is 1. The molecule has 2 unspecified atom stereocenters. The van der Waals surface area contributed by atoms with E-state index in [1.165, 1.54) is 24.3 Å². The quantitative estimate of drug-likeness (QED) is 0.250. The Kier molecular flexibility index (Phi) is 9.60. The first-order valence-electron chi connectivity index (χ1n) is 15.4. The van der Waals surface area contributed by atoms with Gasteiger partial charge in [0.15, 0.2) is 5.82 Å². The largest absolute Gasteiger partial charge is 0.391 e. The molecule has 2 heterocycles. The number of amides is 2. The third-order valence-electron chi connectivity index (χ3n) is 8.80. The summed E-state index contributed by atoms with van der Waals surface area (Å²) in [4.78, 5) is 32.3. The molecule has 0 bridgehead atoms. The minimum absolute atomic E-state index is 0.0579. The molecule has 264 valence electrons. The van der Waals surface area contributed by atoms with Gasteiger partial charge in [-0.2, -0.15) is 31.6 Å². The Morgan fingerprint density at radius 2 is 1.57 bits per heavy atom. The van der Waals surface area contributed by atoms with Crippen LogP contribution in [0.3, 0.4) is 0 Å². The lowest BCUT2D eigenvalue weighted by Gasteiger charge is -2.49. The van der Waals surface area contributed by atoms with E-state index in [9.17, 15) is 44.7 Å². The Labute approximate surface area is 275 Å². The van der Waals surface area contributed by atoms with Gasteiger partial charge < -0.3 is 10.2 Å². The molecule has 3 atom stereocenters. The molecule has 1 aliphatic carbocycles. The SMILES string of the molecule is CC(C)(C)CC[C@H](c1ccc(C(=O)NCc2nn[nH]n2)cc1)N1C(=O)C(c2cc(F)cc(F)c2)=NC12CC(C(F)(F)F)CC(C(F)(F)F)C2. The summed E-state index contributed by atoms with van der Waals surface area (Å²) in [5, 5.41) is 15.7. The molecule has 5 rings (SSSR count). The zero-order valence-corrected chi connectivity index (χ0v) is 26.6. The molecule has 3 aromatic rings. The van der Waals surface area contributed by atoms with Crippen LogP contribution in [0.5, 0.6) is 0 Å². The second kappa shape index (κ2) is 13.1. The van der Waals surface area contributed by atoms with Gasteiger partial charge >= 0.3 is 12.4 Å². The van der Waals surface area contributed by atoms with Crippen LogP contribution in [0.15, 0.2) is 47.5 Å². The lowest BCUT2D eigenvalue weighted by atomic mass is 9.73. The minimum atomic E-state index is -5.06. The number of alkyl halides is 6. The molecular formula is C32H33F8N7O2. The summed E-state index contributed by atoms with van der Waals surface area (Å²) in [6, 6.07) is 6.63. The molecule has 2 aromatic carbocycles.